The molecule has 0 fully saturated rings. The van der Waals surface area contributed by atoms with Crippen molar-refractivity contribution in [2.24, 2.45) is 4.99 Å². The maximum atomic E-state index is 4.94. The van der Waals surface area contributed by atoms with Gasteiger partial charge in [0.05, 0.1) is 0 Å². The Balaban J connectivity index is 2.28. The van der Waals surface area contributed by atoms with E-state index in [-0.39, 0.29) is 0 Å². The average Bonchev–Trinajstić information content (AvgIpc) is 2.55. The molecule has 2 nitrogen and oxygen atoms in total. The second-order valence-corrected chi connectivity index (χ2v) is 7.01. The summed E-state index contributed by atoms with van der Waals surface area (Å²) in [7, 11) is 1.87. The van der Waals surface area contributed by atoms with Gasteiger partial charge in [0, 0.05) is 24.2 Å². The Bertz CT molecular complexity index is 642. The lowest BCUT2D eigenvalue weighted by molar-refractivity contribution is 0.656. The molecule has 23 heavy (non-hydrogen) atoms. The molecular formula is C20H28N2S. The molecule has 0 saturated carbocycles. The lowest BCUT2D eigenvalue weighted by Gasteiger charge is -2.23. The summed E-state index contributed by atoms with van der Waals surface area (Å²) in [5.74, 6) is 0.872. The molecule has 0 saturated heterocycles. The van der Waals surface area contributed by atoms with E-state index in [1.54, 1.807) is 5.56 Å². The van der Waals surface area contributed by atoms with Gasteiger partial charge in [-0.2, -0.15) is 0 Å². The van der Waals surface area contributed by atoms with Crippen LogP contribution in [0.15, 0.2) is 34.3 Å². The van der Waals surface area contributed by atoms with Gasteiger partial charge in [-0.25, -0.2) is 4.98 Å². The van der Waals surface area contributed by atoms with Crippen LogP contribution in [0.5, 0.6) is 0 Å². The Morgan fingerprint density at radius 3 is 2.61 bits per heavy atom. The van der Waals surface area contributed by atoms with Crippen molar-refractivity contribution >= 4 is 17.5 Å². The van der Waals surface area contributed by atoms with Crippen LogP contribution >= 0.6 is 11.8 Å². The van der Waals surface area contributed by atoms with Crippen LogP contribution in [0, 0.1) is 6.92 Å². The Hall–Kier alpha value is -1.35. The number of thioether (sulfide) groups is 1. The highest BCUT2D eigenvalue weighted by atomic mass is 32.2. The normalized spacial score (nSPS) is 15.5. The van der Waals surface area contributed by atoms with E-state index in [0.717, 1.165) is 17.9 Å². The zero-order chi connectivity index (χ0) is 16.8. The van der Waals surface area contributed by atoms with Crippen molar-refractivity contribution in [2.75, 3.05) is 12.8 Å². The molecule has 1 aromatic rings. The quantitative estimate of drug-likeness (QED) is 0.411. The van der Waals surface area contributed by atoms with Crippen LogP contribution in [-0.4, -0.2) is 23.5 Å². The maximum absolute atomic E-state index is 4.94. The van der Waals surface area contributed by atoms with Gasteiger partial charge in [-0.3, -0.25) is 4.99 Å². The summed E-state index contributed by atoms with van der Waals surface area (Å²) < 4.78 is 0. The first-order chi connectivity index (χ1) is 11.1. The summed E-state index contributed by atoms with van der Waals surface area (Å²) in [5, 5.41) is 1.22. The summed E-state index contributed by atoms with van der Waals surface area (Å²) in [6, 6.07) is 0. The van der Waals surface area contributed by atoms with Gasteiger partial charge >= 0.3 is 0 Å². The molecule has 0 N–H and O–H groups in total. The number of pyridine rings is 1. The van der Waals surface area contributed by atoms with Gasteiger partial charge in [-0.15, -0.1) is 0 Å². The van der Waals surface area contributed by atoms with Gasteiger partial charge in [0.15, 0.2) is 0 Å². The fourth-order valence-electron chi connectivity index (χ4n) is 3.33. The van der Waals surface area contributed by atoms with E-state index in [2.05, 4.69) is 32.3 Å². The third-order valence-corrected chi connectivity index (χ3v) is 5.62. The van der Waals surface area contributed by atoms with Gasteiger partial charge < -0.3 is 0 Å². The molecule has 1 heterocycles. The van der Waals surface area contributed by atoms with Crippen molar-refractivity contribution in [1.29, 1.82) is 0 Å². The summed E-state index contributed by atoms with van der Waals surface area (Å²) in [4.78, 5) is 9.38. The van der Waals surface area contributed by atoms with E-state index in [9.17, 15) is 0 Å². The molecule has 0 amide bonds. The Kier molecular flexibility index (Phi) is 6.64. The smallest absolute Gasteiger partial charge is 0.100 e. The number of aliphatic imine (C=N–C) groups is 1. The largest absolute Gasteiger partial charge is 0.292 e. The van der Waals surface area contributed by atoms with Gasteiger partial charge in [0.1, 0.15) is 5.03 Å². The first-order valence-corrected chi connectivity index (χ1v) is 9.50. The van der Waals surface area contributed by atoms with Gasteiger partial charge in [0.25, 0.3) is 0 Å². The molecule has 3 heteroatoms. The number of allylic oxidation sites excluding steroid dienone is 3. The van der Waals surface area contributed by atoms with E-state index in [4.69, 9.17) is 4.98 Å². The Morgan fingerprint density at radius 1 is 1.30 bits per heavy atom. The first-order valence-electron chi connectivity index (χ1n) is 8.51. The van der Waals surface area contributed by atoms with Crippen molar-refractivity contribution < 1.29 is 0 Å². The van der Waals surface area contributed by atoms with Crippen molar-refractivity contribution in [2.45, 2.75) is 57.9 Å². The average molecular weight is 329 g/mol. The van der Waals surface area contributed by atoms with E-state index >= 15 is 0 Å². The predicted molar refractivity (Wildman–Crippen MR) is 103 cm³/mol. The molecule has 0 radical (unpaired) electrons. The topological polar surface area (TPSA) is 25.2 Å². The number of nitrogens with zero attached hydrogens (tertiary/aromatic N) is 2. The predicted octanol–water partition coefficient (Wildman–Crippen LogP) is 5.13. The summed E-state index contributed by atoms with van der Waals surface area (Å²) in [5.41, 5.74) is 8.09. The number of fused-ring (bicyclic) bond motifs is 1. The molecule has 1 aromatic heterocycles. The van der Waals surface area contributed by atoms with Gasteiger partial charge in [-0.05, 0) is 68.2 Å². The van der Waals surface area contributed by atoms with Crippen LogP contribution in [-0.2, 0) is 19.3 Å². The van der Waals surface area contributed by atoms with E-state index < -0.39 is 0 Å². The fraction of sp³-hybridized carbons (Fsp3) is 0.500. The zero-order valence-corrected chi connectivity index (χ0v) is 15.7. The standard InChI is InChI=1S/C20H28N2S/c1-6-10-14(3)19(21-5)13-23-20-18-12-9-8-11-17(18)16(7-2)15(4)22-20/h6,10H,1,7-9,11-13H2,2-5H3/b14-10-,21-19?. The molecule has 1 aliphatic rings. The third kappa shape index (κ3) is 4.14. The van der Waals surface area contributed by atoms with Crippen LogP contribution in [0.1, 0.15) is 49.1 Å². The Labute approximate surface area is 145 Å². The molecule has 2 rings (SSSR count). The Morgan fingerprint density at radius 2 is 2.00 bits per heavy atom. The number of aromatic nitrogens is 1. The lowest BCUT2D eigenvalue weighted by Crippen LogP contribution is -2.13. The molecule has 0 aromatic carbocycles. The summed E-state index contributed by atoms with van der Waals surface area (Å²) >= 11 is 1.84. The SMILES string of the molecule is C=C/C=C(/C)C(CSc1nc(C)c(CC)c2c1CCCC2)=NC. The van der Waals surface area contributed by atoms with Crippen LogP contribution in [0.25, 0.3) is 0 Å². The molecule has 0 unspecified atom stereocenters. The highest BCUT2D eigenvalue weighted by Gasteiger charge is 2.20. The first kappa shape index (κ1) is 18.0. The van der Waals surface area contributed by atoms with Crippen molar-refractivity contribution in [3.8, 4) is 0 Å². The molecule has 1 aliphatic carbocycles. The minimum Gasteiger partial charge on any atom is -0.292 e. The molecule has 0 atom stereocenters. The minimum absolute atomic E-state index is 0.872. The molecule has 0 bridgehead atoms. The number of hydrogen-bond donors (Lipinski definition) is 0. The van der Waals surface area contributed by atoms with Crippen LogP contribution in [0.3, 0.4) is 0 Å². The van der Waals surface area contributed by atoms with Gasteiger partial charge in [-0.1, -0.05) is 37.4 Å². The van der Waals surface area contributed by atoms with E-state index in [1.165, 1.54) is 53.1 Å². The van der Waals surface area contributed by atoms with Crippen LogP contribution < -0.4 is 0 Å². The summed E-state index contributed by atoms with van der Waals surface area (Å²) in [6.45, 7) is 10.3. The monoisotopic (exact) mass is 328 g/mol. The highest BCUT2D eigenvalue weighted by molar-refractivity contribution is 8.00. The fourth-order valence-corrected chi connectivity index (χ4v) is 4.56. The highest BCUT2D eigenvalue weighted by Crippen LogP contribution is 2.33. The summed E-state index contributed by atoms with van der Waals surface area (Å²) in [6.07, 6.45) is 9.95. The van der Waals surface area contributed by atoms with Gasteiger partial charge in [0.2, 0.25) is 0 Å². The second-order valence-electron chi connectivity index (χ2n) is 6.04. The van der Waals surface area contributed by atoms with Crippen LogP contribution in [0.2, 0.25) is 0 Å². The number of hydrogen-bond acceptors (Lipinski definition) is 3. The maximum Gasteiger partial charge on any atom is 0.100 e. The number of rotatable bonds is 6. The lowest BCUT2D eigenvalue weighted by atomic mass is 9.88. The molecule has 0 aliphatic heterocycles. The zero-order valence-electron chi connectivity index (χ0n) is 14.9. The molecular weight excluding hydrogens is 300 g/mol. The second kappa shape index (κ2) is 8.49. The van der Waals surface area contributed by atoms with Crippen molar-refractivity contribution in [1.82, 2.24) is 4.98 Å². The third-order valence-electron chi connectivity index (χ3n) is 4.59. The van der Waals surface area contributed by atoms with E-state index in [0.29, 0.717) is 0 Å². The molecule has 124 valence electrons. The van der Waals surface area contributed by atoms with E-state index in [1.807, 2.05) is 31.0 Å². The number of aryl methyl sites for hydroxylation is 1. The van der Waals surface area contributed by atoms with Crippen molar-refractivity contribution in [3.63, 3.8) is 0 Å². The van der Waals surface area contributed by atoms with Crippen molar-refractivity contribution in [3.05, 3.63) is 46.7 Å². The molecule has 0 spiro atoms. The van der Waals surface area contributed by atoms with Crippen LogP contribution in [0.4, 0.5) is 0 Å². The minimum atomic E-state index is 0.872.